The summed E-state index contributed by atoms with van der Waals surface area (Å²) >= 11 is 5.83. The first-order valence-corrected chi connectivity index (χ1v) is 7.02. The summed E-state index contributed by atoms with van der Waals surface area (Å²) in [6.07, 6.45) is 1.41. The van der Waals surface area contributed by atoms with Gasteiger partial charge in [0.1, 0.15) is 5.82 Å². The zero-order valence-electron chi connectivity index (χ0n) is 12.1. The number of carbonyl (C=O) groups excluding carboxylic acids is 1. The molecule has 0 saturated heterocycles. The Hall–Kier alpha value is -2.66. The van der Waals surface area contributed by atoms with E-state index in [1.165, 1.54) is 37.3 Å². The Bertz CT molecular complexity index is 802. The fraction of sp³-hybridized carbons (Fsp3) is 0.0588. The molecule has 4 nitrogen and oxygen atoms in total. The van der Waals surface area contributed by atoms with Crippen LogP contribution in [0.5, 0.6) is 0 Å². The first-order valence-electron chi connectivity index (χ1n) is 6.65. The van der Waals surface area contributed by atoms with Crippen LogP contribution in [-0.2, 0) is 4.79 Å². The van der Waals surface area contributed by atoms with Gasteiger partial charge < -0.3 is 10.4 Å². The van der Waals surface area contributed by atoms with Crippen molar-refractivity contribution in [3.63, 3.8) is 0 Å². The lowest BCUT2D eigenvalue weighted by Crippen LogP contribution is -2.13. The molecular formula is C17H13ClFNO3. The van der Waals surface area contributed by atoms with Gasteiger partial charge in [-0.15, -0.1) is 0 Å². The van der Waals surface area contributed by atoms with Crippen molar-refractivity contribution in [3.8, 4) is 0 Å². The molecule has 0 fully saturated rings. The maximum absolute atomic E-state index is 13.6. The van der Waals surface area contributed by atoms with Crippen molar-refractivity contribution in [3.05, 3.63) is 70.0 Å². The van der Waals surface area contributed by atoms with Gasteiger partial charge >= 0.3 is 5.97 Å². The molecule has 0 atom stereocenters. The second-order valence-electron chi connectivity index (χ2n) is 4.84. The maximum Gasteiger partial charge on any atom is 0.335 e. The van der Waals surface area contributed by atoms with Crippen LogP contribution < -0.4 is 5.32 Å². The monoisotopic (exact) mass is 333 g/mol. The number of anilines is 1. The maximum atomic E-state index is 13.6. The van der Waals surface area contributed by atoms with Crippen LogP contribution in [0.25, 0.3) is 6.08 Å². The fourth-order valence-electron chi connectivity index (χ4n) is 1.91. The van der Waals surface area contributed by atoms with Crippen LogP contribution in [0, 0.1) is 5.82 Å². The van der Waals surface area contributed by atoms with Crippen molar-refractivity contribution in [2.75, 3.05) is 5.32 Å². The van der Waals surface area contributed by atoms with E-state index in [2.05, 4.69) is 5.32 Å². The molecule has 118 valence electrons. The predicted octanol–water partition coefficient (Wildman–Crippen LogP) is 4.22. The van der Waals surface area contributed by atoms with Crippen molar-refractivity contribution in [1.29, 1.82) is 0 Å². The molecule has 0 bridgehead atoms. The van der Waals surface area contributed by atoms with E-state index >= 15 is 0 Å². The largest absolute Gasteiger partial charge is 0.478 e. The molecule has 2 aromatic rings. The normalized spacial score (nSPS) is 11.2. The molecule has 0 spiro atoms. The fourth-order valence-corrected chi connectivity index (χ4v) is 2.14. The van der Waals surface area contributed by atoms with Gasteiger partial charge in [-0.05, 0) is 37.3 Å². The Balaban J connectivity index is 2.22. The molecule has 0 saturated carbocycles. The van der Waals surface area contributed by atoms with E-state index in [0.717, 1.165) is 0 Å². The zero-order valence-corrected chi connectivity index (χ0v) is 12.9. The van der Waals surface area contributed by atoms with Gasteiger partial charge in [-0.3, -0.25) is 4.79 Å². The first-order chi connectivity index (χ1) is 10.9. The number of halogens is 2. The standard InChI is InChI=1S/C17H13ClFNO3/c1-10(6-11-4-2-3-5-15(11)19)16(21)20-14-8-12(17(22)23)7-13(18)9-14/h2-9H,1H3,(H,20,21)(H,22,23)/b10-6+. The van der Waals surface area contributed by atoms with E-state index < -0.39 is 17.7 Å². The smallest absolute Gasteiger partial charge is 0.335 e. The Kier molecular flexibility index (Phi) is 5.13. The van der Waals surface area contributed by atoms with Crippen LogP contribution in [0.2, 0.25) is 5.02 Å². The SMILES string of the molecule is C/C(=C\c1ccccc1F)C(=O)Nc1cc(Cl)cc(C(=O)O)c1. The highest BCUT2D eigenvalue weighted by Gasteiger charge is 2.10. The Morgan fingerprint density at radius 3 is 2.57 bits per heavy atom. The summed E-state index contributed by atoms with van der Waals surface area (Å²) in [5.41, 5.74) is 0.772. The van der Waals surface area contributed by atoms with Gasteiger partial charge in [0.15, 0.2) is 0 Å². The van der Waals surface area contributed by atoms with Crippen molar-refractivity contribution >= 4 is 35.2 Å². The molecular weight excluding hydrogens is 321 g/mol. The first kappa shape index (κ1) is 16.7. The van der Waals surface area contributed by atoms with E-state index in [1.807, 2.05) is 0 Å². The molecule has 0 heterocycles. The molecule has 0 aliphatic carbocycles. The molecule has 6 heteroatoms. The molecule has 1 amide bonds. The number of hydrogen-bond donors (Lipinski definition) is 2. The van der Waals surface area contributed by atoms with Crippen LogP contribution >= 0.6 is 11.6 Å². The summed E-state index contributed by atoms with van der Waals surface area (Å²) in [7, 11) is 0. The lowest BCUT2D eigenvalue weighted by molar-refractivity contribution is -0.112. The van der Waals surface area contributed by atoms with Crippen LogP contribution in [0.1, 0.15) is 22.8 Å². The summed E-state index contributed by atoms with van der Waals surface area (Å²) in [5, 5.41) is 11.7. The van der Waals surface area contributed by atoms with Gasteiger partial charge in [-0.1, -0.05) is 29.8 Å². The van der Waals surface area contributed by atoms with E-state index in [1.54, 1.807) is 18.2 Å². The average molecular weight is 334 g/mol. The Morgan fingerprint density at radius 2 is 1.91 bits per heavy atom. The highest BCUT2D eigenvalue weighted by molar-refractivity contribution is 6.31. The minimum Gasteiger partial charge on any atom is -0.478 e. The lowest BCUT2D eigenvalue weighted by Gasteiger charge is -2.07. The van der Waals surface area contributed by atoms with Crippen molar-refractivity contribution in [1.82, 2.24) is 0 Å². The van der Waals surface area contributed by atoms with Crippen molar-refractivity contribution in [2.24, 2.45) is 0 Å². The molecule has 0 aliphatic rings. The van der Waals surface area contributed by atoms with Gasteiger partial charge in [-0.25, -0.2) is 9.18 Å². The second-order valence-corrected chi connectivity index (χ2v) is 5.27. The third kappa shape index (κ3) is 4.40. The van der Waals surface area contributed by atoms with E-state index in [-0.39, 0.29) is 27.4 Å². The molecule has 2 rings (SSSR count). The molecule has 23 heavy (non-hydrogen) atoms. The summed E-state index contributed by atoms with van der Waals surface area (Å²) in [5.74, 6) is -2.07. The highest BCUT2D eigenvalue weighted by Crippen LogP contribution is 2.20. The number of aromatic carboxylic acids is 1. The highest BCUT2D eigenvalue weighted by atomic mass is 35.5. The van der Waals surface area contributed by atoms with Crippen molar-refractivity contribution in [2.45, 2.75) is 6.92 Å². The van der Waals surface area contributed by atoms with Gasteiger partial charge in [0.25, 0.3) is 5.91 Å². The molecule has 0 aromatic heterocycles. The Morgan fingerprint density at radius 1 is 1.22 bits per heavy atom. The van der Waals surface area contributed by atoms with Gasteiger partial charge in [0, 0.05) is 21.8 Å². The third-order valence-corrected chi connectivity index (χ3v) is 3.26. The van der Waals surface area contributed by atoms with Crippen molar-refractivity contribution < 1.29 is 19.1 Å². The number of nitrogens with one attached hydrogen (secondary N) is 1. The summed E-state index contributed by atoms with van der Waals surface area (Å²) in [4.78, 5) is 23.1. The van der Waals surface area contributed by atoms with Crippen LogP contribution in [0.3, 0.4) is 0 Å². The average Bonchev–Trinajstić information content (AvgIpc) is 2.48. The van der Waals surface area contributed by atoms with Gasteiger partial charge in [0.05, 0.1) is 5.56 Å². The minimum absolute atomic E-state index is 0.0384. The summed E-state index contributed by atoms with van der Waals surface area (Å²) in [6, 6.07) is 10.1. The summed E-state index contributed by atoms with van der Waals surface area (Å²) < 4.78 is 13.6. The van der Waals surface area contributed by atoms with Crippen LogP contribution in [0.4, 0.5) is 10.1 Å². The molecule has 0 aliphatic heterocycles. The number of carboxylic acids is 1. The van der Waals surface area contributed by atoms with Gasteiger partial charge in [0.2, 0.25) is 0 Å². The molecule has 0 unspecified atom stereocenters. The number of amides is 1. The van der Waals surface area contributed by atoms with Crippen LogP contribution in [-0.4, -0.2) is 17.0 Å². The number of carbonyl (C=O) groups is 2. The van der Waals surface area contributed by atoms with E-state index in [4.69, 9.17) is 16.7 Å². The number of hydrogen-bond acceptors (Lipinski definition) is 2. The zero-order chi connectivity index (χ0) is 17.0. The topological polar surface area (TPSA) is 66.4 Å². The molecule has 2 aromatic carbocycles. The number of benzene rings is 2. The van der Waals surface area contributed by atoms with E-state index in [0.29, 0.717) is 0 Å². The molecule has 0 radical (unpaired) electrons. The lowest BCUT2D eigenvalue weighted by atomic mass is 10.1. The van der Waals surface area contributed by atoms with Gasteiger partial charge in [-0.2, -0.15) is 0 Å². The molecule has 2 N–H and O–H groups in total. The summed E-state index contributed by atoms with van der Waals surface area (Å²) in [6.45, 7) is 1.53. The third-order valence-electron chi connectivity index (χ3n) is 3.04. The number of carboxylic acid groups (broad SMARTS) is 1. The predicted molar refractivity (Wildman–Crippen MR) is 87.1 cm³/mol. The van der Waals surface area contributed by atoms with E-state index in [9.17, 15) is 14.0 Å². The quantitative estimate of drug-likeness (QED) is 0.823. The second kappa shape index (κ2) is 7.07. The number of rotatable bonds is 4. The Labute approximate surface area is 137 Å². The van der Waals surface area contributed by atoms with Crippen LogP contribution in [0.15, 0.2) is 48.0 Å². The minimum atomic E-state index is -1.15.